The molecule has 0 heterocycles. The summed E-state index contributed by atoms with van der Waals surface area (Å²) in [4.78, 5) is 0. The number of rotatable bonds is 4. The maximum atomic E-state index is 2.40. The molecule has 0 amide bonds. The molecule has 0 aliphatic heterocycles. The predicted octanol–water partition coefficient (Wildman–Crippen LogP) is 3.71. The van der Waals surface area contributed by atoms with E-state index in [1.165, 1.54) is 12.3 Å². The maximum Gasteiger partial charge on any atom is -0.0349 e. The van der Waals surface area contributed by atoms with Crippen molar-refractivity contribution < 1.29 is 0 Å². The SMILES string of the molecule is CCC(C(C)C)C1CC1C1CC1. The van der Waals surface area contributed by atoms with Gasteiger partial charge < -0.3 is 0 Å². The van der Waals surface area contributed by atoms with Crippen molar-refractivity contribution in [1.29, 1.82) is 0 Å². The van der Waals surface area contributed by atoms with Crippen LogP contribution in [0, 0.1) is 29.6 Å². The minimum absolute atomic E-state index is 0.920. The van der Waals surface area contributed by atoms with Gasteiger partial charge in [0.25, 0.3) is 0 Å². The summed E-state index contributed by atoms with van der Waals surface area (Å²) in [5.74, 6) is 5.42. The quantitative estimate of drug-likeness (QED) is 0.597. The standard InChI is InChI=1S/C12H22/c1-4-10(8(2)3)12-7-11(12)9-5-6-9/h8-12H,4-7H2,1-3H3. The molecule has 0 bridgehead atoms. The summed E-state index contributed by atoms with van der Waals surface area (Å²) in [5, 5.41) is 0. The van der Waals surface area contributed by atoms with Gasteiger partial charge in [0.05, 0.1) is 0 Å². The van der Waals surface area contributed by atoms with Gasteiger partial charge in [0.15, 0.2) is 0 Å². The van der Waals surface area contributed by atoms with Crippen LogP contribution in [0.5, 0.6) is 0 Å². The van der Waals surface area contributed by atoms with Crippen LogP contribution >= 0.6 is 0 Å². The van der Waals surface area contributed by atoms with Crippen LogP contribution in [0.25, 0.3) is 0 Å². The average molecular weight is 166 g/mol. The molecule has 70 valence electrons. The lowest BCUT2D eigenvalue weighted by Gasteiger charge is -2.18. The van der Waals surface area contributed by atoms with Crippen LogP contribution in [-0.4, -0.2) is 0 Å². The van der Waals surface area contributed by atoms with Gasteiger partial charge >= 0.3 is 0 Å². The van der Waals surface area contributed by atoms with E-state index in [4.69, 9.17) is 0 Å². The summed E-state index contributed by atoms with van der Waals surface area (Å²) in [6, 6.07) is 0. The molecular weight excluding hydrogens is 144 g/mol. The molecule has 3 atom stereocenters. The minimum atomic E-state index is 0.920. The maximum absolute atomic E-state index is 2.40. The number of hydrogen-bond donors (Lipinski definition) is 0. The van der Waals surface area contributed by atoms with E-state index in [1.807, 2.05) is 0 Å². The van der Waals surface area contributed by atoms with Gasteiger partial charge in [-0.1, -0.05) is 27.2 Å². The van der Waals surface area contributed by atoms with E-state index >= 15 is 0 Å². The molecular formula is C12H22. The van der Waals surface area contributed by atoms with Gasteiger partial charge in [-0.3, -0.25) is 0 Å². The van der Waals surface area contributed by atoms with Gasteiger partial charge in [0, 0.05) is 0 Å². The molecule has 0 nitrogen and oxygen atoms in total. The Balaban J connectivity index is 1.83. The zero-order valence-corrected chi connectivity index (χ0v) is 8.72. The molecule has 2 rings (SSSR count). The fraction of sp³-hybridized carbons (Fsp3) is 1.00. The Kier molecular flexibility index (Phi) is 2.18. The van der Waals surface area contributed by atoms with Gasteiger partial charge in [0.1, 0.15) is 0 Å². The van der Waals surface area contributed by atoms with E-state index in [1.54, 1.807) is 19.3 Å². The highest BCUT2D eigenvalue weighted by molar-refractivity contribution is 4.99. The van der Waals surface area contributed by atoms with Crippen LogP contribution in [0.4, 0.5) is 0 Å². The Morgan fingerprint density at radius 3 is 2.33 bits per heavy atom. The molecule has 2 saturated carbocycles. The second-order valence-corrected chi connectivity index (χ2v) is 5.22. The van der Waals surface area contributed by atoms with Crippen LogP contribution in [0.2, 0.25) is 0 Å². The van der Waals surface area contributed by atoms with Crippen LogP contribution in [0.1, 0.15) is 46.5 Å². The highest BCUT2D eigenvalue weighted by Gasteiger charge is 2.50. The molecule has 0 radical (unpaired) electrons. The Labute approximate surface area is 76.7 Å². The molecule has 0 aromatic heterocycles. The third kappa shape index (κ3) is 1.53. The first-order valence-electron chi connectivity index (χ1n) is 5.74. The monoisotopic (exact) mass is 166 g/mol. The molecule has 2 aliphatic rings. The van der Waals surface area contributed by atoms with E-state index in [0.717, 1.165) is 23.7 Å². The van der Waals surface area contributed by atoms with Crippen LogP contribution in [0.15, 0.2) is 0 Å². The summed E-state index contributed by atoms with van der Waals surface area (Å²) in [6.45, 7) is 7.17. The first kappa shape index (κ1) is 8.59. The van der Waals surface area contributed by atoms with Crippen molar-refractivity contribution in [3.63, 3.8) is 0 Å². The van der Waals surface area contributed by atoms with Crippen molar-refractivity contribution in [3.8, 4) is 0 Å². The Morgan fingerprint density at radius 1 is 1.25 bits per heavy atom. The molecule has 12 heavy (non-hydrogen) atoms. The summed E-state index contributed by atoms with van der Waals surface area (Å²) in [7, 11) is 0. The van der Waals surface area contributed by atoms with Crippen LogP contribution in [0.3, 0.4) is 0 Å². The number of hydrogen-bond acceptors (Lipinski definition) is 0. The molecule has 0 spiro atoms. The van der Waals surface area contributed by atoms with Crippen LogP contribution < -0.4 is 0 Å². The predicted molar refractivity (Wildman–Crippen MR) is 52.9 cm³/mol. The normalized spacial score (nSPS) is 37.0. The largest absolute Gasteiger partial charge is 0.0651 e. The second kappa shape index (κ2) is 3.05. The smallest absolute Gasteiger partial charge is 0.0349 e. The minimum Gasteiger partial charge on any atom is -0.0651 e. The molecule has 0 saturated heterocycles. The average Bonchev–Trinajstić information content (AvgIpc) is 2.81. The molecule has 0 aromatic carbocycles. The van der Waals surface area contributed by atoms with Gasteiger partial charge in [-0.25, -0.2) is 0 Å². The van der Waals surface area contributed by atoms with Crippen LogP contribution in [-0.2, 0) is 0 Å². The Hall–Kier alpha value is 0. The van der Waals surface area contributed by atoms with Crippen molar-refractivity contribution in [2.75, 3.05) is 0 Å². The van der Waals surface area contributed by atoms with Crippen molar-refractivity contribution in [2.24, 2.45) is 29.6 Å². The lowest BCUT2D eigenvalue weighted by Crippen LogP contribution is -2.11. The highest BCUT2D eigenvalue weighted by Crippen LogP contribution is 2.58. The highest BCUT2D eigenvalue weighted by atomic mass is 14.5. The third-order valence-electron chi connectivity index (χ3n) is 4.00. The molecule has 0 aromatic rings. The first-order chi connectivity index (χ1) is 5.74. The molecule has 2 aliphatic carbocycles. The topological polar surface area (TPSA) is 0 Å². The van der Waals surface area contributed by atoms with E-state index in [9.17, 15) is 0 Å². The lowest BCUT2D eigenvalue weighted by molar-refractivity contribution is 0.309. The van der Waals surface area contributed by atoms with E-state index in [2.05, 4.69) is 20.8 Å². The zero-order chi connectivity index (χ0) is 8.72. The van der Waals surface area contributed by atoms with Gasteiger partial charge in [0.2, 0.25) is 0 Å². The van der Waals surface area contributed by atoms with Gasteiger partial charge in [-0.05, 0) is 48.9 Å². The molecule has 3 unspecified atom stereocenters. The van der Waals surface area contributed by atoms with Crippen molar-refractivity contribution in [1.82, 2.24) is 0 Å². The summed E-state index contributed by atoms with van der Waals surface area (Å²) < 4.78 is 0. The first-order valence-corrected chi connectivity index (χ1v) is 5.74. The van der Waals surface area contributed by atoms with Gasteiger partial charge in [-0.15, -0.1) is 0 Å². The lowest BCUT2D eigenvalue weighted by atomic mass is 9.87. The Morgan fingerprint density at radius 2 is 1.92 bits per heavy atom. The third-order valence-corrected chi connectivity index (χ3v) is 4.00. The van der Waals surface area contributed by atoms with Crippen molar-refractivity contribution in [3.05, 3.63) is 0 Å². The zero-order valence-electron chi connectivity index (χ0n) is 8.72. The Bertz CT molecular complexity index is 155. The summed E-state index contributed by atoms with van der Waals surface area (Å²) >= 11 is 0. The van der Waals surface area contributed by atoms with E-state index in [0.29, 0.717) is 0 Å². The van der Waals surface area contributed by atoms with E-state index < -0.39 is 0 Å². The van der Waals surface area contributed by atoms with Crippen molar-refractivity contribution >= 4 is 0 Å². The molecule has 0 N–H and O–H groups in total. The fourth-order valence-corrected chi connectivity index (χ4v) is 3.06. The van der Waals surface area contributed by atoms with Gasteiger partial charge in [-0.2, -0.15) is 0 Å². The van der Waals surface area contributed by atoms with E-state index in [-0.39, 0.29) is 0 Å². The summed E-state index contributed by atoms with van der Waals surface area (Å²) in [5.41, 5.74) is 0. The fourth-order valence-electron chi connectivity index (χ4n) is 3.06. The molecule has 0 heteroatoms. The second-order valence-electron chi connectivity index (χ2n) is 5.22. The molecule has 2 fully saturated rings. The van der Waals surface area contributed by atoms with Crippen molar-refractivity contribution in [2.45, 2.75) is 46.5 Å². The summed E-state index contributed by atoms with van der Waals surface area (Å²) in [6.07, 6.45) is 6.08.